The Labute approximate surface area is 153 Å². The maximum atomic E-state index is 12.2. The second kappa shape index (κ2) is 7.65. The molecule has 0 saturated carbocycles. The molecular formula is C18H17F3N4O2. The van der Waals surface area contributed by atoms with Crippen LogP contribution in [0, 0.1) is 6.92 Å². The minimum absolute atomic E-state index is 0.190. The zero-order valence-corrected chi connectivity index (χ0v) is 14.5. The molecule has 0 bridgehead atoms. The number of hydrogen-bond acceptors (Lipinski definition) is 4. The van der Waals surface area contributed by atoms with Gasteiger partial charge < -0.3 is 14.6 Å². The highest BCUT2D eigenvalue weighted by molar-refractivity contribution is 5.93. The van der Waals surface area contributed by atoms with Gasteiger partial charge in [0.1, 0.15) is 5.82 Å². The van der Waals surface area contributed by atoms with Gasteiger partial charge in [0.2, 0.25) is 5.88 Å². The van der Waals surface area contributed by atoms with E-state index >= 15 is 0 Å². The molecule has 1 amide bonds. The Morgan fingerprint density at radius 3 is 2.70 bits per heavy atom. The largest absolute Gasteiger partial charge is 0.468 e. The third kappa shape index (κ3) is 4.75. The fourth-order valence-corrected chi connectivity index (χ4v) is 2.62. The van der Waals surface area contributed by atoms with E-state index in [1.807, 2.05) is 35.8 Å². The van der Waals surface area contributed by atoms with Crippen molar-refractivity contribution in [2.75, 3.05) is 13.2 Å². The summed E-state index contributed by atoms with van der Waals surface area (Å²) >= 11 is 0. The number of imidazole rings is 1. The van der Waals surface area contributed by atoms with E-state index in [0.717, 1.165) is 16.9 Å². The van der Waals surface area contributed by atoms with Gasteiger partial charge in [-0.1, -0.05) is 12.1 Å². The zero-order valence-electron chi connectivity index (χ0n) is 14.5. The first-order valence-corrected chi connectivity index (χ1v) is 8.19. The van der Waals surface area contributed by atoms with Gasteiger partial charge in [0.25, 0.3) is 5.91 Å². The number of alkyl halides is 3. The smallest absolute Gasteiger partial charge is 0.422 e. The molecule has 2 heterocycles. The molecule has 3 rings (SSSR count). The summed E-state index contributed by atoms with van der Waals surface area (Å²) in [6, 6.07) is 10.3. The van der Waals surface area contributed by atoms with Gasteiger partial charge in [-0.15, -0.1) is 0 Å². The molecule has 0 radical (unpaired) electrons. The number of fused-ring (bicyclic) bond motifs is 1. The Hall–Kier alpha value is -3.10. The number of ether oxygens (including phenoxy) is 1. The normalized spacial score (nSPS) is 11.6. The van der Waals surface area contributed by atoms with Crippen LogP contribution in [-0.4, -0.2) is 39.8 Å². The number of hydrogen-bond donors (Lipinski definition) is 1. The molecule has 0 aliphatic carbocycles. The molecule has 0 saturated heterocycles. The van der Waals surface area contributed by atoms with Crippen LogP contribution in [0.25, 0.3) is 11.0 Å². The fourth-order valence-electron chi connectivity index (χ4n) is 2.62. The van der Waals surface area contributed by atoms with Gasteiger partial charge in [-0.25, -0.2) is 9.97 Å². The quantitative estimate of drug-likeness (QED) is 0.716. The van der Waals surface area contributed by atoms with Crippen molar-refractivity contribution in [2.45, 2.75) is 19.6 Å². The summed E-state index contributed by atoms with van der Waals surface area (Å²) in [5, 5.41) is 2.76. The summed E-state index contributed by atoms with van der Waals surface area (Å²) < 4.78 is 42.8. The van der Waals surface area contributed by atoms with Crippen LogP contribution in [0.2, 0.25) is 0 Å². The number of aryl methyl sites for hydroxylation is 1. The molecule has 3 aromatic rings. The Balaban J connectivity index is 1.55. The van der Waals surface area contributed by atoms with E-state index in [9.17, 15) is 18.0 Å². The molecule has 6 nitrogen and oxygen atoms in total. The van der Waals surface area contributed by atoms with Crippen LogP contribution in [0.15, 0.2) is 42.6 Å². The van der Waals surface area contributed by atoms with Gasteiger partial charge in [-0.05, 0) is 25.1 Å². The van der Waals surface area contributed by atoms with E-state index < -0.39 is 12.8 Å². The first kappa shape index (κ1) is 18.7. The number of benzene rings is 1. The van der Waals surface area contributed by atoms with Crippen molar-refractivity contribution in [3.63, 3.8) is 0 Å². The van der Waals surface area contributed by atoms with Crippen molar-refractivity contribution in [1.29, 1.82) is 0 Å². The second-order valence-electron chi connectivity index (χ2n) is 5.84. The minimum Gasteiger partial charge on any atom is -0.468 e. The Morgan fingerprint density at radius 2 is 2.00 bits per heavy atom. The first-order valence-electron chi connectivity index (χ1n) is 8.19. The lowest BCUT2D eigenvalue weighted by Crippen LogP contribution is -2.27. The zero-order chi connectivity index (χ0) is 19.4. The molecule has 9 heteroatoms. The van der Waals surface area contributed by atoms with Gasteiger partial charge in [-0.2, -0.15) is 13.2 Å². The van der Waals surface area contributed by atoms with Gasteiger partial charge in [0.15, 0.2) is 6.61 Å². The van der Waals surface area contributed by atoms with Crippen molar-refractivity contribution < 1.29 is 22.7 Å². The number of rotatable bonds is 6. The number of pyridine rings is 1. The van der Waals surface area contributed by atoms with E-state index in [1.165, 1.54) is 18.3 Å². The van der Waals surface area contributed by atoms with Crippen molar-refractivity contribution in [3.05, 3.63) is 54.0 Å². The summed E-state index contributed by atoms with van der Waals surface area (Å²) in [5.74, 6) is 0.287. The predicted molar refractivity (Wildman–Crippen MR) is 92.6 cm³/mol. The molecule has 0 unspecified atom stereocenters. The highest BCUT2D eigenvalue weighted by Gasteiger charge is 2.28. The third-order valence-electron chi connectivity index (χ3n) is 3.85. The molecule has 0 aliphatic heterocycles. The highest BCUT2D eigenvalue weighted by atomic mass is 19.4. The topological polar surface area (TPSA) is 69.0 Å². The molecule has 0 spiro atoms. The Bertz CT molecular complexity index is 936. The lowest BCUT2D eigenvalue weighted by atomic mass is 10.2. The summed E-state index contributed by atoms with van der Waals surface area (Å²) in [5.41, 5.74) is 2.11. The molecule has 0 fully saturated rings. The Kier molecular flexibility index (Phi) is 5.29. The summed E-state index contributed by atoms with van der Waals surface area (Å²) in [4.78, 5) is 20.3. The molecule has 1 aromatic carbocycles. The van der Waals surface area contributed by atoms with Crippen LogP contribution in [0.1, 0.15) is 16.2 Å². The number of aromatic nitrogens is 3. The summed E-state index contributed by atoms with van der Waals surface area (Å²) in [7, 11) is 0. The number of para-hydroxylation sites is 2. The average molecular weight is 378 g/mol. The predicted octanol–water partition coefficient (Wildman–Crippen LogP) is 3.11. The van der Waals surface area contributed by atoms with Crippen molar-refractivity contribution in [1.82, 2.24) is 19.9 Å². The molecule has 0 atom stereocenters. The molecule has 142 valence electrons. The van der Waals surface area contributed by atoms with Crippen molar-refractivity contribution in [3.8, 4) is 5.88 Å². The lowest BCUT2D eigenvalue weighted by Gasteiger charge is -2.10. The van der Waals surface area contributed by atoms with E-state index in [-0.39, 0.29) is 17.4 Å². The van der Waals surface area contributed by atoms with Gasteiger partial charge in [0.05, 0.1) is 16.6 Å². The minimum atomic E-state index is -4.44. The number of carbonyl (C=O) groups excluding carboxylic acids is 1. The number of carbonyl (C=O) groups is 1. The molecule has 1 N–H and O–H groups in total. The number of halogens is 3. The molecule has 0 aliphatic rings. The van der Waals surface area contributed by atoms with Gasteiger partial charge >= 0.3 is 6.18 Å². The molecular weight excluding hydrogens is 361 g/mol. The fraction of sp³-hybridized carbons (Fsp3) is 0.278. The van der Waals surface area contributed by atoms with Crippen LogP contribution in [0.4, 0.5) is 13.2 Å². The summed E-state index contributed by atoms with van der Waals surface area (Å²) in [6.45, 7) is 1.37. The van der Waals surface area contributed by atoms with E-state index in [1.54, 1.807) is 0 Å². The first-order chi connectivity index (χ1) is 12.8. The van der Waals surface area contributed by atoms with Crippen molar-refractivity contribution >= 4 is 16.9 Å². The number of nitrogens with one attached hydrogen (secondary N) is 1. The maximum Gasteiger partial charge on any atom is 0.422 e. The SMILES string of the molecule is Cc1nc2ccccc2n1CCNC(=O)c1ccc(OCC(F)(F)F)nc1. The van der Waals surface area contributed by atoms with Crippen molar-refractivity contribution in [2.24, 2.45) is 0 Å². The second-order valence-corrected chi connectivity index (χ2v) is 5.84. The monoisotopic (exact) mass is 378 g/mol. The molecule has 2 aromatic heterocycles. The van der Waals surface area contributed by atoms with E-state index in [4.69, 9.17) is 0 Å². The van der Waals surface area contributed by atoms with Crippen LogP contribution < -0.4 is 10.1 Å². The third-order valence-corrected chi connectivity index (χ3v) is 3.85. The number of amides is 1. The van der Waals surface area contributed by atoms with E-state index in [0.29, 0.717) is 13.1 Å². The molecule has 27 heavy (non-hydrogen) atoms. The lowest BCUT2D eigenvalue weighted by molar-refractivity contribution is -0.154. The number of nitrogens with zero attached hydrogens (tertiary/aromatic N) is 3. The van der Waals surface area contributed by atoms with Crippen LogP contribution in [0.5, 0.6) is 5.88 Å². The maximum absolute atomic E-state index is 12.2. The van der Waals surface area contributed by atoms with E-state index in [2.05, 4.69) is 20.0 Å². The van der Waals surface area contributed by atoms with Crippen LogP contribution in [-0.2, 0) is 6.54 Å². The summed E-state index contributed by atoms with van der Waals surface area (Å²) in [6.07, 6.45) is -3.26. The standard InChI is InChI=1S/C18H17F3N4O2/c1-12-24-14-4-2-3-5-15(14)25(12)9-8-22-17(26)13-6-7-16(23-10-13)27-11-18(19,20)21/h2-7,10H,8-9,11H2,1H3,(H,22,26). The van der Waals surface area contributed by atoms with Gasteiger partial charge in [-0.3, -0.25) is 4.79 Å². The average Bonchev–Trinajstić information content (AvgIpc) is 2.95. The Morgan fingerprint density at radius 1 is 1.22 bits per heavy atom. The van der Waals surface area contributed by atoms with Gasteiger partial charge in [0, 0.05) is 25.4 Å². The van der Waals surface area contributed by atoms with Crippen LogP contribution in [0.3, 0.4) is 0 Å². The van der Waals surface area contributed by atoms with Crippen LogP contribution >= 0.6 is 0 Å². The highest BCUT2D eigenvalue weighted by Crippen LogP contribution is 2.17.